The highest BCUT2D eigenvalue weighted by Crippen LogP contribution is 2.09. The lowest BCUT2D eigenvalue weighted by Gasteiger charge is -1.88. The largest absolute Gasteiger partial charge is 0.299 e. The third kappa shape index (κ3) is 3.73. The summed E-state index contributed by atoms with van der Waals surface area (Å²) >= 11 is 3.33. The summed E-state index contributed by atoms with van der Waals surface area (Å²) in [7, 11) is 0. The number of rotatable bonds is 1. The first-order valence-electron chi connectivity index (χ1n) is 3.70. The van der Waals surface area contributed by atoms with Crippen molar-refractivity contribution in [2.75, 3.05) is 0 Å². The van der Waals surface area contributed by atoms with Crippen molar-refractivity contribution in [3.8, 4) is 11.8 Å². The zero-order valence-electron chi connectivity index (χ0n) is 6.83. The van der Waals surface area contributed by atoms with Gasteiger partial charge >= 0.3 is 0 Å². The smallest absolute Gasteiger partial charge is 0.143 e. The Morgan fingerprint density at radius 2 is 1.92 bits per heavy atom. The molecule has 2 heteroatoms. The van der Waals surface area contributed by atoms with Gasteiger partial charge in [-0.25, -0.2) is 0 Å². The lowest BCUT2D eigenvalue weighted by atomic mass is 10.2. The topological polar surface area (TPSA) is 17.1 Å². The number of carbonyl (C=O) groups is 1. The average molecular weight is 235 g/mol. The number of halogens is 1. The number of allylic oxidation sites excluding steroid dienone is 2. The predicted molar refractivity (Wildman–Crippen MR) is 56.2 cm³/mol. The highest BCUT2D eigenvalue weighted by molar-refractivity contribution is 9.10. The Labute approximate surface area is 85.6 Å². The van der Waals surface area contributed by atoms with Crippen LogP contribution in [0.3, 0.4) is 0 Å². The molecule has 0 amide bonds. The van der Waals surface area contributed by atoms with Gasteiger partial charge in [-0.2, -0.15) is 0 Å². The number of aldehydes is 1. The van der Waals surface area contributed by atoms with Crippen molar-refractivity contribution in [1.82, 2.24) is 0 Å². The summed E-state index contributed by atoms with van der Waals surface area (Å²) in [5.41, 5.74) is 0.929. The Morgan fingerprint density at radius 3 is 2.54 bits per heavy atom. The molecule has 0 aliphatic carbocycles. The minimum atomic E-state index is 0.705. The molecule has 0 saturated heterocycles. The van der Waals surface area contributed by atoms with Gasteiger partial charge in [-0.1, -0.05) is 27.8 Å². The van der Waals surface area contributed by atoms with Gasteiger partial charge in [0.2, 0.25) is 0 Å². The minimum Gasteiger partial charge on any atom is -0.299 e. The summed E-state index contributed by atoms with van der Waals surface area (Å²) in [4.78, 5) is 9.90. The van der Waals surface area contributed by atoms with Crippen LogP contribution < -0.4 is 0 Å². The van der Waals surface area contributed by atoms with Crippen molar-refractivity contribution < 1.29 is 4.79 Å². The molecule has 64 valence electrons. The molecule has 0 fully saturated rings. The zero-order valence-corrected chi connectivity index (χ0v) is 8.41. The lowest BCUT2D eigenvalue weighted by molar-refractivity contribution is -0.104. The third-order valence-electron chi connectivity index (χ3n) is 1.32. The molecule has 0 aliphatic rings. The van der Waals surface area contributed by atoms with Gasteiger partial charge in [-0.3, -0.25) is 4.79 Å². The first-order valence-corrected chi connectivity index (χ1v) is 4.49. The summed E-state index contributed by atoms with van der Waals surface area (Å²) in [6, 6.07) is 7.67. The molecule has 1 rings (SSSR count). The van der Waals surface area contributed by atoms with Crippen LogP contribution in [0, 0.1) is 11.8 Å². The van der Waals surface area contributed by atoms with Crippen LogP contribution in [0.4, 0.5) is 0 Å². The average Bonchev–Trinajstić information content (AvgIpc) is 2.15. The summed E-state index contributed by atoms with van der Waals surface area (Å²) in [6.07, 6.45) is 3.59. The Morgan fingerprint density at radius 1 is 1.23 bits per heavy atom. The summed E-state index contributed by atoms with van der Waals surface area (Å²) < 4.78 is 1.03. The Hall–Kier alpha value is -1.33. The van der Waals surface area contributed by atoms with Crippen molar-refractivity contribution in [3.63, 3.8) is 0 Å². The minimum absolute atomic E-state index is 0.705. The van der Waals surface area contributed by atoms with Crippen LogP contribution >= 0.6 is 15.9 Å². The molecule has 1 aromatic carbocycles. The molecule has 1 aromatic rings. The van der Waals surface area contributed by atoms with E-state index in [9.17, 15) is 4.79 Å². The molecule has 0 radical (unpaired) electrons. The monoisotopic (exact) mass is 234 g/mol. The summed E-state index contributed by atoms with van der Waals surface area (Å²) in [5.74, 6) is 5.64. The maximum Gasteiger partial charge on any atom is 0.143 e. The highest BCUT2D eigenvalue weighted by atomic mass is 79.9. The maximum absolute atomic E-state index is 9.90. The molecular weight excluding hydrogens is 228 g/mol. The SMILES string of the molecule is O=C/C=C/C#Cc1ccc(Br)cc1. The first-order chi connectivity index (χ1) is 6.33. The summed E-state index contributed by atoms with van der Waals surface area (Å²) in [6.45, 7) is 0. The van der Waals surface area contributed by atoms with E-state index in [2.05, 4.69) is 27.8 Å². The molecule has 0 aromatic heterocycles. The van der Waals surface area contributed by atoms with Crippen molar-refractivity contribution in [2.45, 2.75) is 0 Å². The quantitative estimate of drug-likeness (QED) is 0.415. The van der Waals surface area contributed by atoms with E-state index in [0.717, 1.165) is 10.0 Å². The van der Waals surface area contributed by atoms with Crippen molar-refractivity contribution in [1.29, 1.82) is 0 Å². The number of benzene rings is 1. The van der Waals surface area contributed by atoms with Crippen LogP contribution in [0.2, 0.25) is 0 Å². The number of hydrogen-bond donors (Lipinski definition) is 0. The number of carbonyl (C=O) groups excluding carboxylic acids is 1. The predicted octanol–water partition coefficient (Wildman–Crippen LogP) is 2.56. The van der Waals surface area contributed by atoms with E-state index in [1.165, 1.54) is 12.2 Å². The van der Waals surface area contributed by atoms with E-state index in [1.807, 2.05) is 24.3 Å². The highest BCUT2D eigenvalue weighted by Gasteiger charge is 1.85. The van der Waals surface area contributed by atoms with Crippen LogP contribution in [-0.2, 0) is 4.79 Å². The maximum atomic E-state index is 9.90. The van der Waals surface area contributed by atoms with Crippen LogP contribution in [-0.4, -0.2) is 6.29 Å². The molecule has 0 N–H and O–H groups in total. The molecule has 13 heavy (non-hydrogen) atoms. The van der Waals surface area contributed by atoms with E-state index in [0.29, 0.717) is 6.29 Å². The Bertz CT molecular complexity index is 365. The second kappa shape index (κ2) is 5.34. The Balaban J connectivity index is 2.72. The van der Waals surface area contributed by atoms with Gasteiger partial charge in [0.15, 0.2) is 0 Å². The molecule has 0 heterocycles. The molecule has 0 bridgehead atoms. The molecule has 1 nitrogen and oxygen atoms in total. The second-order valence-corrected chi connectivity index (χ2v) is 3.19. The second-order valence-electron chi connectivity index (χ2n) is 2.27. The molecule has 0 spiro atoms. The third-order valence-corrected chi connectivity index (χ3v) is 1.85. The fourth-order valence-corrected chi connectivity index (χ4v) is 1.01. The zero-order chi connectivity index (χ0) is 9.52. The van der Waals surface area contributed by atoms with Crippen molar-refractivity contribution in [2.24, 2.45) is 0 Å². The van der Waals surface area contributed by atoms with Crippen LogP contribution in [0.5, 0.6) is 0 Å². The molecular formula is C11H7BrO. The van der Waals surface area contributed by atoms with Gasteiger partial charge in [0.05, 0.1) is 0 Å². The lowest BCUT2D eigenvalue weighted by Crippen LogP contribution is -1.71. The normalized spacial score (nSPS) is 9.31. The molecule has 0 aliphatic heterocycles. The van der Waals surface area contributed by atoms with Gasteiger partial charge in [0, 0.05) is 10.0 Å². The standard InChI is InChI=1S/C11H7BrO/c12-11-7-5-10(6-8-11)4-2-1-3-9-13/h1,3,5-9H/b3-1+. The number of hydrogen-bond acceptors (Lipinski definition) is 1. The summed E-state index contributed by atoms with van der Waals surface area (Å²) in [5, 5.41) is 0. The van der Waals surface area contributed by atoms with E-state index >= 15 is 0 Å². The van der Waals surface area contributed by atoms with Gasteiger partial charge in [-0.15, -0.1) is 0 Å². The Kier molecular flexibility index (Phi) is 4.01. The van der Waals surface area contributed by atoms with Crippen molar-refractivity contribution >= 4 is 22.2 Å². The van der Waals surface area contributed by atoms with E-state index in [1.54, 1.807) is 0 Å². The van der Waals surface area contributed by atoms with Crippen LogP contribution in [0.1, 0.15) is 5.56 Å². The fraction of sp³-hybridized carbons (Fsp3) is 0. The fourth-order valence-electron chi connectivity index (χ4n) is 0.746. The van der Waals surface area contributed by atoms with Gasteiger partial charge < -0.3 is 0 Å². The van der Waals surface area contributed by atoms with Crippen molar-refractivity contribution in [3.05, 3.63) is 46.5 Å². The van der Waals surface area contributed by atoms with Crippen LogP contribution in [0.15, 0.2) is 40.9 Å². The van der Waals surface area contributed by atoms with Gasteiger partial charge in [0.1, 0.15) is 6.29 Å². The van der Waals surface area contributed by atoms with E-state index < -0.39 is 0 Å². The first kappa shape index (κ1) is 9.76. The van der Waals surface area contributed by atoms with Crippen LogP contribution in [0.25, 0.3) is 0 Å². The van der Waals surface area contributed by atoms with E-state index in [-0.39, 0.29) is 0 Å². The van der Waals surface area contributed by atoms with E-state index in [4.69, 9.17) is 0 Å². The molecule has 0 unspecified atom stereocenters. The van der Waals surface area contributed by atoms with Gasteiger partial charge in [0.25, 0.3) is 0 Å². The molecule has 0 saturated carbocycles. The molecule has 0 atom stereocenters. The van der Waals surface area contributed by atoms with Gasteiger partial charge in [-0.05, 0) is 36.4 Å².